The van der Waals surface area contributed by atoms with E-state index < -0.39 is 18.1 Å². The van der Waals surface area contributed by atoms with Gasteiger partial charge in [0.05, 0.1) is 6.42 Å². The molecule has 4 rings (SSSR count). The van der Waals surface area contributed by atoms with Crippen LogP contribution in [0.1, 0.15) is 49.7 Å². The summed E-state index contributed by atoms with van der Waals surface area (Å²) in [6.45, 7) is 2.53. The van der Waals surface area contributed by atoms with Gasteiger partial charge >= 0.3 is 12.1 Å². The molecule has 2 aromatic rings. The van der Waals surface area contributed by atoms with E-state index in [9.17, 15) is 14.4 Å². The van der Waals surface area contributed by atoms with Crippen LogP contribution in [0.25, 0.3) is 11.1 Å². The molecule has 1 heterocycles. The number of rotatable bonds is 7. The molecule has 1 fully saturated rings. The molecule has 7 heteroatoms. The van der Waals surface area contributed by atoms with Crippen LogP contribution >= 0.6 is 0 Å². The predicted molar refractivity (Wildman–Crippen MR) is 119 cm³/mol. The van der Waals surface area contributed by atoms with Crippen molar-refractivity contribution in [1.82, 2.24) is 10.2 Å². The van der Waals surface area contributed by atoms with Crippen molar-refractivity contribution < 1.29 is 24.2 Å². The van der Waals surface area contributed by atoms with Crippen LogP contribution in [-0.2, 0) is 14.3 Å². The molecule has 2 aliphatic rings. The maximum Gasteiger partial charge on any atom is 0.407 e. The van der Waals surface area contributed by atoms with E-state index in [0.717, 1.165) is 28.7 Å². The number of ether oxygens (including phenoxy) is 1. The van der Waals surface area contributed by atoms with Crippen LogP contribution in [0, 0.1) is 0 Å². The van der Waals surface area contributed by atoms with Crippen molar-refractivity contribution in [3.8, 4) is 11.1 Å². The quantitative estimate of drug-likeness (QED) is 0.689. The Balaban J connectivity index is 1.31. The molecule has 0 bridgehead atoms. The lowest BCUT2D eigenvalue weighted by Gasteiger charge is -2.25. The third-order valence-electron chi connectivity index (χ3n) is 6.30. The Kier molecular flexibility index (Phi) is 6.44. The molecule has 0 aromatic heterocycles. The summed E-state index contributed by atoms with van der Waals surface area (Å²) >= 11 is 0. The van der Waals surface area contributed by atoms with Gasteiger partial charge in [0.25, 0.3) is 0 Å². The maximum atomic E-state index is 12.6. The van der Waals surface area contributed by atoms with Crippen LogP contribution in [0.4, 0.5) is 4.79 Å². The highest BCUT2D eigenvalue weighted by Gasteiger charge is 2.32. The van der Waals surface area contributed by atoms with Crippen molar-refractivity contribution in [2.24, 2.45) is 0 Å². The third-order valence-corrected chi connectivity index (χ3v) is 6.30. The number of nitrogens with zero attached hydrogens (tertiary/aromatic N) is 1. The number of hydrogen-bond donors (Lipinski definition) is 2. The van der Waals surface area contributed by atoms with Gasteiger partial charge in [0.15, 0.2) is 0 Å². The summed E-state index contributed by atoms with van der Waals surface area (Å²) < 4.78 is 5.54. The van der Waals surface area contributed by atoms with Gasteiger partial charge in [0, 0.05) is 31.0 Å². The summed E-state index contributed by atoms with van der Waals surface area (Å²) in [6, 6.07) is 15.6. The smallest absolute Gasteiger partial charge is 0.407 e. The number of carboxylic acids is 1. The second kappa shape index (κ2) is 9.42. The van der Waals surface area contributed by atoms with Crippen molar-refractivity contribution in [3.63, 3.8) is 0 Å². The van der Waals surface area contributed by atoms with Crippen molar-refractivity contribution >= 4 is 18.0 Å². The number of alkyl carbamates (subject to hydrolysis) is 1. The molecular formula is C25H28N2O5. The zero-order valence-corrected chi connectivity index (χ0v) is 18.1. The first-order valence-electron chi connectivity index (χ1n) is 11.1. The standard InChI is InChI=1S/C25H28N2O5/c1-16(13-23(28)27-12-6-7-17(27)14-24(29)30)26-25(31)32-15-22-20-10-4-2-8-18(20)19-9-3-5-11-21(19)22/h2-5,8-11,16-17,22H,6-7,12-15H2,1H3,(H,26,31)(H,29,30)/t16-,17?/m0/s1. The molecule has 7 nitrogen and oxygen atoms in total. The zero-order chi connectivity index (χ0) is 22.7. The van der Waals surface area contributed by atoms with Gasteiger partial charge in [-0.15, -0.1) is 0 Å². The maximum absolute atomic E-state index is 12.6. The molecule has 2 N–H and O–H groups in total. The summed E-state index contributed by atoms with van der Waals surface area (Å²) in [7, 11) is 0. The first-order chi connectivity index (χ1) is 15.4. The average molecular weight is 437 g/mol. The van der Waals surface area contributed by atoms with Gasteiger partial charge < -0.3 is 20.1 Å². The minimum atomic E-state index is -0.903. The summed E-state index contributed by atoms with van der Waals surface area (Å²) in [5, 5.41) is 11.8. The molecule has 0 radical (unpaired) electrons. The van der Waals surface area contributed by atoms with Crippen LogP contribution < -0.4 is 5.32 Å². The predicted octanol–water partition coefficient (Wildman–Crippen LogP) is 3.77. The fraction of sp³-hybridized carbons (Fsp3) is 0.400. The van der Waals surface area contributed by atoms with Gasteiger partial charge in [-0.3, -0.25) is 9.59 Å². The first-order valence-corrected chi connectivity index (χ1v) is 11.1. The molecule has 168 valence electrons. The summed E-state index contributed by atoms with van der Waals surface area (Å²) in [5.41, 5.74) is 4.61. The average Bonchev–Trinajstić information content (AvgIpc) is 3.34. The van der Waals surface area contributed by atoms with Crippen LogP contribution in [0.5, 0.6) is 0 Å². The fourth-order valence-corrected chi connectivity index (χ4v) is 4.85. The highest BCUT2D eigenvalue weighted by Crippen LogP contribution is 2.44. The minimum Gasteiger partial charge on any atom is -0.481 e. The molecule has 1 unspecified atom stereocenters. The molecule has 0 saturated carbocycles. The molecule has 1 aliphatic carbocycles. The molecular weight excluding hydrogens is 408 g/mol. The highest BCUT2D eigenvalue weighted by atomic mass is 16.5. The molecule has 2 amide bonds. The number of aliphatic carboxylic acids is 1. The Morgan fingerprint density at radius 1 is 1.09 bits per heavy atom. The lowest BCUT2D eigenvalue weighted by Crippen LogP contribution is -2.42. The van der Waals surface area contributed by atoms with E-state index >= 15 is 0 Å². The lowest BCUT2D eigenvalue weighted by molar-refractivity contribution is -0.140. The minimum absolute atomic E-state index is 0.0218. The second-order valence-electron chi connectivity index (χ2n) is 8.56. The normalized spacial score (nSPS) is 18.0. The summed E-state index contributed by atoms with van der Waals surface area (Å²) in [5.74, 6) is -1.06. The first kappa shape index (κ1) is 21.9. The Bertz CT molecular complexity index is 975. The zero-order valence-electron chi connectivity index (χ0n) is 18.1. The van der Waals surface area contributed by atoms with E-state index in [2.05, 4.69) is 29.6 Å². The van der Waals surface area contributed by atoms with Gasteiger partial charge in [-0.2, -0.15) is 0 Å². The SMILES string of the molecule is C[C@@H](CC(=O)N1CCCC1CC(=O)O)NC(=O)OCC1c2ccccc2-c2ccccc21. The number of fused-ring (bicyclic) bond motifs is 3. The number of carbonyl (C=O) groups excluding carboxylic acids is 2. The van der Waals surface area contributed by atoms with E-state index in [-0.39, 0.29) is 37.3 Å². The Hall–Kier alpha value is -3.35. The highest BCUT2D eigenvalue weighted by molar-refractivity contribution is 5.80. The molecule has 1 saturated heterocycles. The van der Waals surface area contributed by atoms with Gasteiger partial charge in [0.1, 0.15) is 6.61 Å². The Morgan fingerprint density at radius 3 is 2.34 bits per heavy atom. The number of likely N-dealkylation sites (tertiary alicyclic amines) is 1. The van der Waals surface area contributed by atoms with E-state index in [1.807, 2.05) is 24.3 Å². The monoisotopic (exact) mass is 436 g/mol. The van der Waals surface area contributed by atoms with Crippen LogP contribution in [0.3, 0.4) is 0 Å². The summed E-state index contributed by atoms with van der Waals surface area (Å²) in [6.07, 6.45) is 1.01. The largest absolute Gasteiger partial charge is 0.481 e. The molecule has 0 spiro atoms. The molecule has 32 heavy (non-hydrogen) atoms. The Morgan fingerprint density at radius 2 is 1.72 bits per heavy atom. The van der Waals surface area contributed by atoms with Crippen molar-refractivity contribution in [1.29, 1.82) is 0 Å². The summed E-state index contributed by atoms with van der Waals surface area (Å²) in [4.78, 5) is 37.7. The van der Waals surface area contributed by atoms with Gasteiger partial charge in [-0.1, -0.05) is 48.5 Å². The second-order valence-corrected chi connectivity index (χ2v) is 8.56. The molecule has 1 aliphatic heterocycles. The van der Waals surface area contributed by atoms with Gasteiger partial charge in [0.2, 0.25) is 5.91 Å². The van der Waals surface area contributed by atoms with Gasteiger partial charge in [-0.25, -0.2) is 4.79 Å². The van der Waals surface area contributed by atoms with E-state index in [4.69, 9.17) is 9.84 Å². The van der Waals surface area contributed by atoms with Crippen molar-refractivity contribution in [3.05, 3.63) is 59.7 Å². The van der Waals surface area contributed by atoms with Crippen molar-refractivity contribution in [2.75, 3.05) is 13.2 Å². The number of amides is 2. The number of nitrogens with one attached hydrogen (secondary N) is 1. The Labute approximate surface area is 187 Å². The van der Waals surface area contributed by atoms with E-state index in [0.29, 0.717) is 13.0 Å². The molecule has 2 atom stereocenters. The van der Waals surface area contributed by atoms with Crippen LogP contribution in [-0.4, -0.2) is 53.2 Å². The number of benzene rings is 2. The number of hydrogen-bond acceptors (Lipinski definition) is 4. The van der Waals surface area contributed by atoms with Crippen LogP contribution in [0.15, 0.2) is 48.5 Å². The fourth-order valence-electron chi connectivity index (χ4n) is 4.85. The van der Waals surface area contributed by atoms with Gasteiger partial charge in [-0.05, 0) is 42.0 Å². The topological polar surface area (TPSA) is 95.9 Å². The van der Waals surface area contributed by atoms with E-state index in [1.54, 1.807) is 11.8 Å². The van der Waals surface area contributed by atoms with Crippen LogP contribution in [0.2, 0.25) is 0 Å². The number of carboxylic acid groups (broad SMARTS) is 1. The number of carbonyl (C=O) groups is 3. The van der Waals surface area contributed by atoms with Crippen molar-refractivity contribution in [2.45, 2.75) is 50.6 Å². The lowest BCUT2D eigenvalue weighted by atomic mass is 9.98. The van der Waals surface area contributed by atoms with E-state index in [1.165, 1.54) is 0 Å². The third kappa shape index (κ3) is 4.61. The molecule has 2 aromatic carbocycles.